The van der Waals surface area contributed by atoms with Crippen LogP contribution in [0.5, 0.6) is 23.3 Å². The Morgan fingerprint density at radius 2 is 0.660 bits per heavy atom. The van der Waals surface area contributed by atoms with Crippen LogP contribution in [0, 0.1) is 0 Å². The van der Waals surface area contributed by atoms with E-state index in [1.54, 1.807) is 12.4 Å². The van der Waals surface area contributed by atoms with Crippen molar-refractivity contribution in [1.29, 1.82) is 0 Å². The van der Waals surface area contributed by atoms with Crippen LogP contribution in [0.25, 0.3) is 76.8 Å². The molecule has 0 fully saturated rings. The van der Waals surface area contributed by atoms with Crippen LogP contribution in [-0.4, -0.2) is 9.97 Å². The van der Waals surface area contributed by atoms with Crippen molar-refractivity contribution in [2.24, 2.45) is 0 Å². The third kappa shape index (κ3) is 4.77. The molecule has 8 aromatic carbocycles. The summed E-state index contributed by atoms with van der Waals surface area (Å²) in [6.45, 7) is 0. The zero-order chi connectivity index (χ0) is 33.0. The number of hydrogen-bond acceptors (Lipinski definition) is 4. The van der Waals surface area contributed by atoms with Gasteiger partial charge < -0.3 is 9.47 Å². The fourth-order valence-electron chi connectivity index (χ4n) is 7.23. The van der Waals surface area contributed by atoms with Crippen molar-refractivity contribution in [2.75, 3.05) is 0 Å². The van der Waals surface area contributed by atoms with Gasteiger partial charge in [-0.15, -0.1) is 0 Å². The summed E-state index contributed by atoms with van der Waals surface area (Å²) in [5, 5.41) is 7.72. The third-order valence-corrected chi connectivity index (χ3v) is 9.66. The van der Waals surface area contributed by atoms with Crippen LogP contribution in [0.3, 0.4) is 0 Å². The molecule has 0 unspecified atom stereocenters. The van der Waals surface area contributed by atoms with Gasteiger partial charge in [-0.25, -0.2) is 9.97 Å². The first kappa shape index (κ1) is 28.3. The standard InChI is InChI=1S/C46H28N2O2/c1-2-16-39-37(14-1)38-15-3-4-17-40(38)42-27-35(18-20-41(39)42)33-12-6-10-31(25-33)29-8-5-9-30(24-29)32-11-7-13-34(26-32)36-19-21-43-44(28-36)50-46-45(49-43)47-22-23-48-46/h1-28H. The Morgan fingerprint density at radius 3 is 1.16 bits per heavy atom. The summed E-state index contributed by atoms with van der Waals surface area (Å²) in [4.78, 5) is 8.47. The topological polar surface area (TPSA) is 44.2 Å². The minimum absolute atomic E-state index is 0.370. The highest BCUT2D eigenvalue weighted by molar-refractivity contribution is 6.25. The lowest BCUT2D eigenvalue weighted by Crippen LogP contribution is -2.02. The number of nitrogens with zero attached hydrogens (tertiary/aromatic N) is 2. The normalized spacial score (nSPS) is 11.9. The van der Waals surface area contributed by atoms with Crippen LogP contribution in [-0.2, 0) is 0 Å². The average Bonchev–Trinajstić information content (AvgIpc) is 3.20. The largest absolute Gasteiger partial charge is 0.431 e. The molecular formula is C46H28N2O2. The molecule has 10 rings (SSSR count). The van der Waals surface area contributed by atoms with E-state index in [9.17, 15) is 0 Å². The fourth-order valence-corrected chi connectivity index (χ4v) is 7.23. The summed E-state index contributed by atoms with van der Waals surface area (Å²) >= 11 is 0. The molecule has 4 heteroatoms. The van der Waals surface area contributed by atoms with Crippen molar-refractivity contribution >= 4 is 32.3 Å². The molecule has 0 amide bonds. The van der Waals surface area contributed by atoms with E-state index in [-0.39, 0.29) is 0 Å². The second kappa shape index (κ2) is 11.4. The molecule has 0 spiro atoms. The first-order valence-corrected chi connectivity index (χ1v) is 16.7. The zero-order valence-corrected chi connectivity index (χ0v) is 26.9. The van der Waals surface area contributed by atoms with Gasteiger partial charge in [0.05, 0.1) is 0 Å². The van der Waals surface area contributed by atoms with Gasteiger partial charge in [0.25, 0.3) is 11.8 Å². The Labute approximate surface area is 288 Å². The summed E-state index contributed by atoms with van der Waals surface area (Å²) in [7, 11) is 0. The molecule has 0 atom stereocenters. The van der Waals surface area contributed by atoms with Gasteiger partial charge in [0.2, 0.25) is 0 Å². The van der Waals surface area contributed by atoms with Crippen LogP contribution in [0.2, 0.25) is 0 Å². The maximum Gasteiger partial charge on any atom is 0.284 e. The van der Waals surface area contributed by atoms with Gasteiger partial charge in [-0.3, -0.25) is 0 Å². The van der Waals surface area contributed by atoms with Crippen molar-refractivity contribution in [3.63, 3.8) is 0 Å². The van der Waals surface area contributed by atoms with Crippen molar-refractivity contribution in [3.8, 4) is 67.8 Å². The molecule has 0 saturated carbocycles. The van der Waals surface area contributed by atoms with Gasteiger partial charge in [-0.05, 0) is 113 Å². The van der Waals surface area contributed by atoms with E-state index in [4.69, 9.17) is 9.47 Å². The first-order valence-electron chi connectivity index (χ1n) is 16.7. The predicted octanol–water partition coefficient (Wildman–Crippen LogP) is 12.5. The lowest BCUT2D eigenvalue weighted by molar-refractivity contribution is 0.336. The first-order chi connectivity index (χ1) is 24.7. The molecule has 50 heavy (non-hydrogen) atoms. The smallest absolute Gasteiger partial charge is 0.284 e. The second-order valence-electron chi connectivity index (χ2n) is 12.6. The van der Waals surface area contributed by atoms with E-state index in [2.05, 4.69) is 149 Å². The minimum Gasteiger partial charge on any atom is -0.431 e. The third-order valence-electron chi connectivity index (χ3n) is 9.66. The van der Waals surface area contributed by atoms with Crippen LogP contribution >= 0.6 is 0 Å². The fraction of sp³-hybridized carbons (Fsp3) is 0. The summed E-state index contributed by atoms with van der Waals surface area (Å²) in [6, 6.07) is 56.6. The molecule has 0 bridgehead atoms. The quantitative estimate of drug-likeness (QED) is 0.180. The summed E-state index contributed by atoms with van der Waals surface area (Å²) in [5.74, 6) is 1.99. The molecule has 0 aliphatic carbocycles. The molecule has 0 saturated heterocycles. The van der Waals surface area contributed by atoms with E-state index >= 15 is 0 Å². The molecule has 0 N–H and O–H groups in total. The average molecular weight is 641 g/mol. The highest BCUT2D eigenvalue weighted by Gasteiger charge is 2.21. The molecule has 1 aromatic heterocycles. The molecule has 0 radical (unpaired) electrons. The van der Waals surface area contributed by atoms with Crippen molar-refractivity contribution in [2.45, 2.75) is 0 Å². The highest BCUT2D eigenvalue weighted by Crippen LogP contribution is 2.45. The van der Waals surface area contributed by atoms with Gasteiger partial charge in [-0.2, -0.15) is 0 Å². The number of benzene rings is 8. The van der Waals surface area contributed by atoms with Crippen LogP contribution in [0.15, 0.2) is 170 Å². The van der Waals surface area contributed by atoms with Gasteiger partial charge in [0.1, 0.15) is 0 Å². The zero-order valence-electron chi connectivity index (χ0n) is 26.9. The van der Waals surface area contributed by atoms with E-state index in [0.717, 1.165) is 22.3 Å². The molecule has 234 valence electrons. The molecule has 1 aliphatic rings. The maximum absolute atomic E-state index is 6.02. The van der Waals surface area contributed by atoms with Gasteiger partial charge in [0, 0.05) is 12.4 Å². The Balaban J connectivity index is 0.989. The number of rotatable bonds is 4. The van der Waals surface area contributed by atoms with Crippen molar-refractivity contribution in [1.82, 2.24) is 9.97 Å². The van der Waals surface area contributed by atoms with Gasteiger partial charge in [0.15, 0.2) is 11.5 Å². The van der Waals surface area contributed by atoms with E-state index in [0.29, 0.717) is 23.3 Å². The summed E-state index contributed by atoms with van der Waals surface area (Å²) < 4.78 is 11.9. The SMILES string of the molecule is c1cc(-c2cccc(-c3ccc4c(c3)Oc3nccnc3O4)c2)cc(-c2cccc(-c3ccc4c5ccccc5c5ccccc5c4c3)c2)c1. The Kier molecular flexibility index (Phi) is 6.46. The molecule has 4 nitrogen and oxygen atoms in total. The number of aromatic nitrogens is 2. The van der Waals surface area contributed by atoms with Crippen molar-refractivity contribution < 1.29 is 9.47 Å². The van der Waals surface area contributed by atoms with Crippen LogP contribution in [0.1, 0.15) is 0 Å². The molecule has 1 aliphatic heterocycles. The number of fused-ring (bicyclic) bond motifs is 8. The number of hydrogen-bond donors (Lipinski definition) is 0. The van der Waals surface area contributed by atoms with Gasteiger partial charge in [-0.1, -0.05) is 121 Å². The predicted molar refractivity (Wildman–Crippen MR) is 203 cm³/mol. The lowest BCUT2D eigenvalue weighted by Gasteiger charge is -2.19. The lowest BCUT2D eigenvalue weighted by atomic mass is 9.91. The highest BCUT2D eigenvalue weighted by atomic mass is 16.6. The molecular weight excluding hydrogens is 613 g/mol. The van der Waals surface area contributed by atoms with E-state index < -0.39 is 0 Å². The summed E-state index contributed by atoms with van der Waals surface area (Å²) in [5.41, 5.74) is 9.16. The number of ether oxygens (including phenoxy) is 2. The molecule has 9 aromatic rings. The molecule has 2 heterocycles. The maximum atomic E-state index is 6.02. The van der Waals surface area contributed by atoms with Gasteiger partial charge >= 0.3 is 0 Å². The monoisotopic (exact) mass is 640 g/mol. The van der Waals surface area contributed by atoms with E-state index in [1.165, 1.54) is 54.6 Å². The summed E-state index contributed by atoms with van der Waals surface area (Å²) in [6.07, 6.45) is 3.18. The van der Waals surface area contributed by atoms with E-state index in [1.807, 2.05) is 18.2 Å². The Morgan fingerprint density at radius 1 is 0.280 bits per heavy atom. The Bertz CT molecular complexity index is 2750. The minimum atomic E-state index is 0.370. The van der Waals surface area contributed by atoms with Crippen molar-refractivity contribution in [3.05, 3.63) is 170 Å². The second-order valence-corrected chi connectivity index (χ2v) is 12.6. The Hall–Kier alpha value is -6.78. The van der Waals surface area contributed by atoms with Crippen LogP contribution in [0.4, 0.5) is 0 Å². The van der Waals surface area contributed by atoms with Crippen LogP contribution < -0.4 is 9.47 Å².